The second kappa shape index (κ2) is 8.05. The summed E-state index contributed by atoms with van der Waals surface area (Å²) in [5.41, 5.74) is 0.206. The summed E-state index contributed by atoms with van der Waals surface area (Å²) >= 11 is 0. The molecule has 1 fully saturated rings. The van der Waals surface area contributed by atoms with Crippen LogP contribution in [0.2, 0.25) is 6.04 Å². The molecule has 0 aliphatic heterocycles. The number of ether oxygens (including phenoxy) is 1. The minimum atomic E-state index is -3.89. The fourth-order valence-electron chi connectivity index (χ4n) is 3.56. The largest absolute Gasteiger partial charge is 0.429 e. The normalized spacial score (nSPS) is 20.5. The van der Waals surface area contributed by atoms with Crippen LogP contribution in [0, 0.1) is 24.5 Å². The van der Waals surface area contributed by atoms with Crippen LogP contribution in [0.15, 0.2) is 36.4 Å². The van der Waals surface area contributed by atoms with Crippen molar-refractivity contribution in [2.75, 3.05) is 0 Å². The third-order valence-corrected chi connectivity index (χ3v) is 5.88. The predicted molar refractivity (Wildman–Crippen MR) is 97.3 cm³/mol. The van der Waals surface area contributed by atoms with Gasteiger partial charge in [-0.15, -0.1) is 0 Å². The molecule has 3 rings (SSSR count). The van der Waals surface area contributed by atoms with Crippen LogP contribution in [-0.4, -0.2) is 10.2 Å². The summed E-state index contributed by atoms with van der Waals surface area (Å²) in [6.07, 6.45) is 0.0240. The Morgan fingerprint density at radius 2 is 1.70 bits per heavy atom. The third-order valence-electron chi connectivity index (χ3n) is 5.30. The zero-order valence-electron chi connectivity index (χ0n) is 15.1. The zero-order chi connectivity index (χ0) is 19.6. The quantitative estimate of drug-likeness (QED) is 0.430. The maximum absolute atomic E-state index is 14.4. The molecule has 0 spiro atoms. The molecule has 0 aromatic heterocycles. The van der Waals surface area contributed by atoms with Crippen molar-refractivity contribution in [3.63, 3.8) is 0 Å². The van der Waals surface area contributed by atoms with Gasteiger partial charge in [-0.3, -0.25) is 0 Å². The Kier molecular flexibility index (Phi) is 5.94. The molecule has 0 atom stereocenters. The molecule has 0 bridgehead atoms. The minimum Gasteiger partial charge on any atom is -0.429 e. The lowest BCUT2D eigenvalue weighted by atomic mass is 9.79. The molecule has 0 heterocycles. The van der Waals surface area contributed by atoms with Crippen molar-refractivity contribution < 1.29 is 22.3 Å². The maximum Gasteiger partial charge on any atom is 0.429 e. The van der Waals surface area contributed by atoms with E-state index in [1.54, 1.807) is 6.07 Å². The second-order valence-electron chi connectivity index (χ2n) is 7.19. The molecule has 1 aliphatic rings. The summed E-state index contributed by atoms with van der Waals surface area (Å²) in [5.74, 6) is -1.21. The number of alkyl halides is 2. The summed E-state index contributed by atoms with van der Waals surface area (Å²) in [5, 5.41) is 0. The van der Waals surface area contributed by atoms with Crippen molar-refractivity contribution in [1.82, 2.24) is 0 Å². The van der Waals surface area contributed by atoms with E-state index >= 15 is 0 Å². The van der Waals surface area contributed by atoms with E-state index in [2.05, 4.69) is 15.0 Å². The maximum atomic E-state index is 14.4. The van der Waals surface area contributed by atoms with Crippen molar-refractivity contribution in [3.8, 4) is 5.75 Å². The highest BCUT2D eigenvalue weighted by Gasteiger charge is 2.38. The van der Waals surface area contributed by atoms with E-state index in [1.165, 1.54) is 25.1 Å². The van der Waals surface area contributed by atoms with E-state index in [0.717, 1.165) is 49.4 Å². The molecule has 2 aromatic carbocycles. The number of aryl methyl sites for hydroxylation is 1. The predicted octanol–water partition coefficient (Wildman–Crippen LogP) is 6.26. The van der Waals surface area contributed by atoms with Crippen LogP contribution >= 0.6 is 0 Å². The number of halogens is 4. The number of rotatable bonds is 5. The van der Waals surface area contributed by atoms with Gasteiger partial charge in [0.05, 0.1) is 5.56 Å². The number of hydrogen-bond acceptors (Lipinski definition) is 1. The van der Waals surface area contributed by atoms with Gasteiger partial charge in [0.2, 0.25) is 0 Å². The molecule has 6 heteroatoms. The van der Waals surface area contributed by atoms with Gasteiger partial charge in [0.1, 0.15) is 17.4 Å². The Bertz CT molecular complexity index is 801. The summed E-state index contributed by atoms with van der Waals surface area (Å²) in [7, 11) is 3.53. The molecular weight excluding hydrogens is 372 g/mol. The zero-order valence-corrected chi connectivity index (χ0v) is 16.1. The van der Waals surface area contributed by atoms with Gasteiger partial charge in [-0.2, -0.15) is 8.78 Å². The fraction of sp³-hybridized carbons (Fsp3) is 0.429. The van der Waals surface area contributed by atoms with E-state index < -0.39 is 23.3 Å². The van der Waals surface area contributed by atoms with Gasteiger partial charge in [0, 0.05) is 16.3 Å². The average molecular weight is 393 g/mol. The molecule has 1 saturated carbocycles. The van der Waals surface area contributed by atoms with E-state index in [1.807, 2.05) is 0 Å². The Hall–Kier alpha value is -1.82. The van der Waals surface area contributed by atoms with Gasteiger partial charge in [0.15, 0.2) is 0 Å². The Balaban J connectivity index is 1.76. The monoisotopic (exact) mass is 393 g/mol. The molecule has 0 unspecified atom stereocenters. The van der Waals surface area contributed by atoms with Crippen molar-refractivity contribution in [1.29, 1.82) is 0 Å². The fourth-order valence-corrected chi connectivity index (χ4v) is 3.97. The lowest BCUT2D eigenvalue weighted by Gasteiger charge is -2.28. The summed E-state index contributed by atoms with van der Waals surface area (Å²) in [6.45, 7) is 1.51. The lowest BCUT2D eigenvalue weighted by Crippen LogP contribution is -2.24. The van der Waals surface area contributed by atoms with Gasteiger partial charge in [-0.1, -0.05) is 31.0 Å². The minimum absolute atomic E-state index is 0.184. The second-order valence-corrected chi connectivity index (χ2v) is 7.60. The average Bonchev–Trinajstić information content (AvgIpc) is 2.64. The van der Waals surface area contributed by atoms with Crippen LogP contribution in [0.1, 0.15) is 48.3 Å². The van der Waals surface area contributed by atoms with Gasteiger partial charge in [0.25, 0.3) is 0 Å². The van der Waals surface area contributed by atoms with Crippen LogP contribution in [0.3, 0.4) is 0 Å². The SMILES string of the molecule is Cc1ccc(OC(F)(F)c2ccc(C3CCC(C[Si])CC3)cc2F)cc1F. The lowest BCUT2D eigenvalue weighted by molar-refractivity contribution is -0.187. The molecular formula is C21H21F4OSi. The van der Waals surface area contributed by atoms with Crippen molar-refractivity contribution >= 4 is 10.2 Å². The first-order valence-corrected chi connectivity index (χ1v) is 9.78. The molecule has 0 saturated heterocycles. The molecule has 0 amide bonds. The van der Waals surface area contributed by atoms with Crippen molar-refractivity contribution in [3.05, 3.63) is 64.7 Å². The van der Waals surface area contributed by atoms with Crippen LogP contribution in [-0.2, 0) is 6.11 Å². The summed E-state index contributed by atoms with van der Waals surface area (Å²) in [6, 6.07) is 8.20. The molecule has 3 radical (unpaired) electrons. The van der Waals surface area contributed by atoms with Crippen LogP contribution in [0.25, 0.3) is 0 Å². The van der Waals surface area contributed by atoms with E-state index in [9.17, 15) is 17.6 Å². The van der Waals surface area contributed by atoms with Crippen LogP contribution in [0.5, 0.6) is 5.75 Å². The third kappa shape index (κ3) is 4.54. The number of benzene rings is 2. The topological polar surface area (TPSA) is 9.23 Å². The first-order valence-electron chi connectivity index (χ1n) is 9.07. The molecule has 143 valence electrons. The standard InChI is InChI=1S/C21H21F4OSi/c1-13-2-8-17(11-19(13)22)26-21(24,25)18-9-7-16(10-20(18)23)15-5-3-14(12-27)4-6-15/h2,7-11,14-15H,3-6,12H2,1H3. The Morgan fingerprint density at radius 1 is 1.00 bits per heavy atom. The van der Waals surface area contributed by atoms with Crippen molar-refractivity contribution in [2.45, 2.75) is 50.7 Å². The van der Waals surface area contributed by atoms with Gasteiger partial charge in [-0.05, 0) is 60.9 Å². The molecule has 27 heavy (non-hydrogen) atoms. The smallest absolute Gasteiger partial charge is 0.429 e. The van der Waals surface area contributed by atoms with Gasteiger partial charge in [-0.25, -0.2) is 8.78 Å². The Morgan fingerprint density at radius 3 is 2.30 bits per heavy atom. The highest BCUT2D eigenvalue weighted by molar-refractivity contribution is 6.08. The first-order chi connectivity index (χ1) is 12.8. The number of hydrogen-bond donors (Lipinski definition) is 0. The Labute approximate surface area is 160 Å². The molecule has 2 aromatic rings. The van der Waals surface area contributed by atoms with E-state index in [4.69, 9.17) is 0 Å². The molecule has 0 N–H and O–H groups in total. The van der Waals surface area contributed by atoms with Gasteiger partial charge >= 0.3 is 6.11 Å². The molecule has 1 nitrogen and oxygen atoms in total. The van der Waals surface area contributed by atoms with Crippen molar-refractivity contribution in [2.24, 2.45) is 5.92 Å². The first kappa shape index (κ1) is 19.9. The van der Waals surface area contributed by atoms with E-state index in [-0.39, 0.29) is 11.7 Å². The summed E-state index contributed by atoms with van der Waals surface area (Å²) in [4.78, 5) is 0. The highest BCUT2D eigenvalue weighted by atomic mass is 28.1. The van der Waals surface area contributed by atoms with Gasteiger partial charge < -0.3 is 4.74 Å². The highest BCUT2D eigenvalue weighted by Crippen LogP contribution is 2.39. The summed E-state index contributed by atoms with van der Waals surface area (Å²) < 4.78 is 61.4. The molecule has 1 aliphatic carbocycles. The van der Waals surface area contributed by atoms with Crippen LogP contribution < -0.4 is 4.74 Å². The van der Waals surface area contributed by atoms with E-state index in [0.29, 0.717) is 11.5 Å². The van der Waals surface area contributed by atoms with Crippen LogP contribution in [0.4, 0.5) is 17.6 Å².